The summed E-state index contributed by atoms with van der Waals surface area (Å²) in [4.78, 5) is 32.6. The second-order valence-corrected chi connectivity index (χ2v) is 10.0. The van der Waals surface area contributed by atoms with Crippen molar-refractivity contribution < 1.29 is 9.59 Å². The summed E-state index contributed by atoms with van der Waals surface area (Å²) in [5.41, 5.74) is 6.31. The number of allylic oxidation sites excluding steroid dienone is 3. The zero-order valence-electron chi connectivity index (χ0n) is 19.5. The van der Waals surface area contributed by atoms with Crippen LogP contribution in [0.4, 0.5) is 5.82 Å². The van der Waals surface area contributed by atoms with Gasteiger partial charge < -0.3 is 10.6 Å². The monoisotopic (exact) mass is 469 g/mol. The van der Waals surface area contributed by atoms with E-state index in [4.69, 9.17) is 0 Å². The number of hydrogen-bond donors (Lipinski definition) is 2. The Morgan fingerprint density at radius 1 is 1.06 bits per heavy atom. The minimum atomic E-state index is -0.383. The molecule has 34 heavy (non-hydrogen) atoms. The van der Waals surface area contributed by atoms with E-state index in [9.17, 15) is 9.59 Å². The van der Waals surface area contributed by atoms with Crippen LogP contribution in [0.15, 0.2) is 82.6 Å². The van der Waals surface area contributed by atoms with Gasteiger partial charge in [0.05, 0.1) is 5.92 Å². The van der Waals surface area contributed by atoms with Gasteiger partial charge in [0.25, 0.3) is 5.91 Å². The molecule has 0 fully saturated rings. The molecule has 2 aromatic heterocycles. The number of carbonyl (C=O) groups is 2. The molecule has 3 heterocycles. The lowest BCUT2D eigenvalue weighted by Gasteiger charge is -2.36. The van der Waals surface area contributed by atoms with Crippen LogP contribution in [0.3, 0.4) is 0 Å². The molecule has 1 aromatic carbocycles. The summed E-state index contributed by atoms with van der Waals surface area (Å²) >= 11 is 1.60. The van der Waals surface area contributed by atoms with Crippen molar-refractivity contribution in [3.05, 3.63) is 104 Å². The van der Waals surface area contributed by atoms with Gasteiger partial charge in [0.2, 0.25) is 0 Å². The van der Waals surface area contributed by atoms with Gasteiger partial charge in [-0.2, -0.15) is 0 Å². The highest BCUT2D eigenvalue weighted by Gasteiger charge is 2.41. The molecule has 1 aliphatic heterocycles. The van der Waals surface area contributed by atoms with Gasteiger partial charge in [-0.3, -0.25) is 9.59 Å². The second-order valence-electron chi connectivity index (χ2n) is 9.07. The van der Waals surface area contributed by atoms with Crippen LogP contribution in [0.5, 0.6) is 0 Å². The molecule has 0 saturated carbocycles. The maximum atomic E-state index is 13.6. The summed E-state index contributed by atoms with van der Waals surface area (Å²) in [7, 11) is 0. The van der Waals surface area contributed by atoms with Gasteiger partial charge in [0.1, 0.15) is 5.82 Å². The number of aromatic nitrogens is 1. The quantitative estimate of drug-likeness (QED) is 0.510. The van der Waals surface area contributed by atoms with Gasteiger partial charge in [-0.15, -0.1) is 11.3 Å². The number of carbonyl (C=O) groups excluding carboxylic acids is 2. The number of thiophene rings is 1. The molecule has 5 nitrogen and oxygen atoms in total. The van der Waals surface area contributed by atoms with Crippen molar-refractivity contribution in [3.8, 4) is 0 Å². The third kappa shape index (κ3) is 4.10. The van der Waals surface area contributed by atoms with E-state index in [-0.39, 0.29) is 23.5 Å². The van der Waals surface area contributed by atoms with E-state index >= 15 is 0 Å². The summed E-state index contributed by atoms with van der Waals surface area (Å²) < 4.78 is 0. The minimum Gasteiger partial charge on any atom is -0.362 e. The number of dihydropyridines is 1. The molecule has 6 heteroatoms. The molecular weight excluding hydrogens is 442 g/mol. The summed E-state index contributed by atoms with van der Waals surface area (Å²) in [5.74, 6) is 0.114. The fourth-order valence-electron chi connectivity index (χ4n) is 4.97. The van der Waals surface area contributed by atoms with E-state index < -0.39 is 0 Å². The fraction of sp³-hybridized carbons (Fsp3) is 0.250. The zero-order valence-corrected chi connectivity index (χ0v) is 20.3. The molecule has 0 saturated heterocycles. The molecule has 0 bridgehead atoms. The van der Waals surface area contributed by atoms with Gasteiger partial charge in [0, 0.05) is 40.0 Å². The lowest BCUT2D eigenvalue weighted by molar-refractivity contribution is -0.116. The Kier molecular flexibility index (Phi) is 5.92. The number of benzene rings is 1. The van der Waals surface area contributed by atoms with Crippen LogP contribution >= 0.6 is 11.3 Å². The van der Waals surface area contributed by atoms with Crippen LogP contribution in [0.25, 0.3) is 0 Å². The molecule has 2 aliphatic rings. The molecular formula is C28H27N3O2S. The third-order valence-electron chi connectivity index (χ3n) is 6.66. The maximum Gasteiger partial charge on any atom is 0.255 e. The molecule has 5 rings (SSSR count). The van der Waals surface area contributed by atoms with Crippen molar-refractivity contribution in [2.24, 2.45) is 0 Å². The molecule has 0 unspecified atom stereocenters. The highest BCUT2D eigenvalue weighted by molar-refractivity contribution is 7.10. The van der Waals surface area contributed by atoms with Crippen LogP contribution in [-0.4, -0.2) is 16.7 Å². The number of nitrogens with zero attached hydrogens (tertiary/aromatic N) is 1. The van der Waals surface area contributed by atoms with Crippen molar-refractivity contribution in [3.63, 3.8) is 0 Å². The number of rotatable bonds is 4. The number of nitrogens with one attached hydrogen (secondary N) is 2. The zero-order chi connectivity index (χ0) is 23.8. The van der Waals surface area contributed by atoms with Crippen LogP contribution in [0.1, 0.15) is 53.2 Å². The lowest BCUT2D eigenvalue weighted by atomic mass is 9.73. The van der Waals surface area contributed by atoms with Crippen molar-refractivity contribution in [2.75, 3.05) is 5.32 Å². The summed E-state index contributed by atoms with van der Waals surface area (Å²) in [6.45, 7) is 5.92. The number of ketones is 1. The predicted molar refractivity (Wildman–Crippen MR) is 136 cm³/mol. The third-order valence-corrected chi connectivity index (χ3v) is 7.74. The van der Waals surface area contributed by atoms with Gasteiger partial charge in [-0.25, -0.2) is 4.98 Å². The van der Waals surface area contributed by atoms with Crippen LogP contribution < -0.4 is 10.6 Å². The van der Waals surface area contributed by atoms with Crippen molar-refractivity contribution in [1.29, 1.82) is 0 Å². The summed E-state index contributed by atoms with van der Waals surface area (Å²) in [5, 5.41) is 8.42. The number of pyridine rings is 1. The lowest BCUT2D eigenvalue weighted by Crippen LogP contribution is -2.37. The molecule has 1 amide bonds. The molecule has 2 N–H and O–H groups in total. The number of aryl methyl sites for hydroxylation is 2. The SMILES string of the molecule is CC1=C(C(=O)Nc2ccc(C)cn2)[C@@H](c2sccc2C)C2=C(C[C@@H](c3ccccc3)CC2=O)N1. The molecule has 1 aliphatic carbocycles. The Morgan fingerprint density at radius 2 is 1.85 bits per heavy atom. The molecule has 172 valence electrons. The van der Waals surface area contributed by atoms with Crippen LogP contribution in [-0.2, 0) is 9.59 Å². The van der Waals surface area contributed by atoms with Gasteiger partial charge in [-0.1, -0.05) is 36.4 Å². The first-order valence-electron chi connectivity index (χ1n) is 11.5. The first-order valence-corrected chi connectivity index (χ1v) is 12.4. The van der Waals surface area contributed by atoms with E-state index in [2.05, 4.69) is 33.8 Å². The molecule has 0 radical (unpaired) electrons. The Labute approximate surface area is 203 Å². The van der Waals surface area contributed by atoms with E-state index in [1.54, 1.807) is 23.6 Å². The van der Waals surface area contributed by atoms with E-state index in [0.717, 1.165) is 39.4 Å². The van der Waals surface area contributed by atoms with Crippen LogP contribution in [0, 0.1) is 13.8 Å². The molecule has 3 aromatic rings. The first-order chi connectivity index (χ1) is 16.4. The van der Waals surface area contributed by atoms with Crippen molar-refractivity contribution in [1.82, 2.24) is 10.3 Å². The fourth-order valence-corrected chi connectivity index (χ4v) is 6.01. The predicted octanol–water partition coefficient (Wildman–Crippen LogP) is 5.76. The largest absolute Gasteiger partial charge is 0.362 e. The van der Waals surface area contributed by atoms with Gasteiger partial charge in [0.15, 0.2) is 5.78 Å². The smallest absolute Gasteiger partial charge is 0.255 e. The standard InChI is InChI=1S/C28H27N3O2S/c1-16-9-10-23(29-15-16)31-28(33)24-18(3)30-21-13-20(19-7-5-4-6-8-19)14-22(32)25(21)26(24)27-17(2)11-12-34-27/h4-12,15,20,26,30H,13-14H2,1-3H3,(H,29,31,33)/t20-,26-/m1/s1. The number of Topliss-reactive ketones (excluding diaryl/α,β-unsaturated/α-hetero) is 1. The Bertz CT molecular complexity index is 1320. The summed E-state index contributed by atoms with van der Waals surface area (Å²) in [6.07, 6.45) is 2.92. The molecule has 2 atom stereocenters. The number of amides is 1. The first kappa shape index (κ1) is 22.3. The van der Waals surface area contributed by atoms with Crippen LogP contribution in [0.2, 0.25) is 0 Å². The summed E-state index contributed by atoms with van der Waals surface area (Å²) in [6, 6.07) is 16.0. The van der Waals surface area contributed by atoms with Gasteiger partial charge in [-0.05, 0) is 67.3 Å². The van der Waals surface area contributed by atoms with Crippen molar-refractivity contribution in [2.45, 2.75) is 45.4 Å². The Hall–Kier alpha value is -3.51. The number of anilines is 1. The Balaban J connectivity index is 1.55. The minimum absolute atomic E-state index is 0.103. The average molecular weight is 470 g/mol. The van der Waals surface area contributed by atoms with E-state index in [1.807, 2.05) is 50.4 Å². The highest BCUT2D eigenvalue weighted by atomic mass is 32.1. The maximum absolute atomic E-state index is 13.6. The average Bonchev–Trinajstić information content (AvgIpc) is 3.25. The second kappa shape index (κ2) is 9.03. The normalized spacial score (nSPS) is 20.1. The van der Waals surface area contributed by atoms with Gasteiger partial charge >= 0.3 is 0 Å². The van der Waals surface area contributed by atoms with Crippen molar-refractivity contribution >= 4 is 28.8 Å². The number of hydrogen-bond acceptors (Lipinski definition) is 5. The Morgan fingerprint density at radius 3 is 2.53 bits per heavy atom. The van der Waals surface area contributed by atoms with E-state index in [1.165, 1.54) is 5.56 Å². The topological polar surface area (TPSA) is 71.1 Å². The molecule has 0 spiro atoms. The van der Waals surface area contributed by atoms with E-state index in [0.29, 0.717) is 17.8 Å². The highest BCUT2D eigenvalue weighted by Crippen LogP contribution is 2.47.